The lowest BCUT2D eigenvalue weighted by molar-refractivity contribution is -0.116. The van der Waals surface area contributed by atoms with Gasteiger partial charge in [0.25, 0.3) is 0 Å². The van der Waals surface area contributed by atoms with Gasteiger partial charge >= 0.3 is 0 Å². The normalized spacial score (nSPS) is 19.3. The molecule has 2 N–H and O–H groups in total. The predicted octanol–water partition coefficient (Wildman–Crippen LogP) is 3.03. The minimum atomic E-state index is 0.0208. The first kappa shape index (κ1) is 13.1. The molecule has 1 amide bonds. The van der Waals surface area contributed by atoms with E-state index in [2.05, 4.69) is 33.2 Å². The molecule has 1 aliphatic heterocycles. The zero-order chi connectivity index (χ0) is 12.3. The van der Waals surface area contributed by atoms with Crippen LogP contribution in [-0.4, -0.2) is 18.5 Å². The molecule has 0 spiro atoms. The Morgan fingerprint density at radius 3 is 3.06 bits per heavy atom. The molecule has 3 nitrogen and oxygen atoms in total. The summed E-state index contributed by atoms with van der Waals surface area (Å²) in [6.07, 6.45) is 2.75. The van der Waals surface area contributed by atoms with Crippen molar-refractivity contribution in [3.8, 4) is 0 Å². The van der Waals surface area contributed by atoms with Crippen LogP contribution in [0.2, 0.25) is 5.02 Å². The van der Waals surface area contributed by atoms with Crippen LogP contribution in [0.3, 0.4) is 0 Å². The van der Waals surface area contributed by atoms with E-state index in [0.29, 0.717) is 23.2 Å². The SMILES string of the molecule is O=C(CC1CCCN1)Nc1ccc(I)cc1Cl. The Labute approximate surface area is 119 Å². The zero-order valence-electron chi connectivity index (χ0n) is 9.30. The van der Waals surface area contributed by atoms with Gasteiger partial charge in [0.15, 0.2) is 0 Å². The number of hydrogen-bond donors (Lipinski definition) is 2. The number of carbonyl (C=O) groups is 1. The Kier molecular flexibility index (Phi) is 4.64. The van der Waals surface area contributed by atoms with Crippen LogP contribution in [0.4, 0.5) is 5.69 Å². The molecule has 0 aliphatic carbocycles. The van der Waals surface area contributed by atoms with Crippen molar-refractivity contribution in [2.45, 2.75) is 25.3 Å². The number of amides is 1. The van der Waals surface area contributed by atoms with E-state index in [4.69, 9.17) is 11.6 Å². The maximum atomic E-state index is 11.8. The van der Waals surface area contributed by atoms with Crippen molar-refractivity contribution in [2.75, 3.05) is 11.9 Å². The topological polar surface area (TPSA) is 41.1 Å². The maximum absolute atomic E-state index is 11.8. The highest BCUT2D eigenvalue weighted by molar-refractivity contribution is 14.1. The summed E-state index contributed by atoms with van der Waals surface area (Å²) >= 11 is 8.24. The standard InChI is InChI=1S/C12H14ClIN2O/c13-10-6-8(14)3-4-11(10)16-12(17)7-9-2-1-5-15-9/h3-4,6,9,15H,1-2,5,7H2,(H,16,17). The van der Waals surface area contributed by atoms with Crippen LogP contribution in [0, 0.1) is 3.57 Å². The molecule has 1 aliphatic rings. The molecular formula is C12H14ClIN2O. The van der Waals surface area contributed by atoms with Gasteiger partial charge in [-0.2, -0.15) is 0 Å². The van der Waals surface area contributed by atoms with Gasteiger partial charge < -0.3 is 10.6 Å². The van der Waals surface area contributed by atoms with Gasteiger partial charge in [-0.05, 0) is 60.2 Å². The van der Waals surface area contributed by atoms with Crippen LogP contribution in [0.5, 0.6) is 0 Å². The largest absolute Gasteiger partial charge is 0.325 e. The molecule has 1 aromatic rings. The fraction of sp³-hybridized carbons (Fsp3) is 0.417. The Morgan fingerprint density at radius 2 is 2.41 bits per heavy atom. The second-order valence-corrected chi connectivity index (χ2v) is 5.82. The fourth-order valence-electron chi connectivity index (χ4n) is 1.95. The van der Waals surface area contributed by atoms with Crippen molar-refractivity contribution in [3.05, 3.63) is 26.8 Å². The van der Waals surface area contributed by atoms with Crippen LogP contribution in [0.25, 0.3) is 0 Å². The van der Waals surface area contributed by atoms with Crippen molar-refractivity contribution < 1.29 is 4.79 Å². The third-order valence-corrected chi connectivity index (χ3v) is 3.78. The first-order valence-electron chi connectivity index (χ1n) is 5.63. The maximum Gasteiger partial charge on any atom is 0.225 e. The van der Waals surface area contributed by atoms with Gasteiger partial charge in [0, 0.05) is 16.0 Å². The third-order valence-electron chi connectivity index (χ3n) is 2.80. The number of benzene rings is 1. The quantitative estimate of drug-likeness (QED) is 0.810. The Morgan fingerprint density at radius 1 is 1.59 bits per heavy atom. The van der Waals surface area contributed by atoms with Gasteiger partial charge in [0.2, 0.25) is 5.91 Å². The molecule has 0 radical (unpaired) electrons. The van der Waals surface area contributed by atoms with E-state index in [1.54, 1.807) is 0 Å². The molecule has 1 unspecified atom stereocenters. The van der Waals surface area contributed by atoms with E-state index >= 15 is 0 Å². The number of rotatable bonds is 3. The van der Waals surface area contributed by atoms with Gasteiger partial charge in [0.05, 0.1) is 10.7 Å². The smallest absolute Gasteiger partial charge is 0.225 e. The summed E-state index contributed by atoms with van der Waals surface area (Å²) in [5.41, 5.74) is 0.690. The van der Waals surface area contributed by atoms with E-state index in [1.165, 1.54) is 0 Å². The summed E-state index contributed by atoms with van der Waals surface area (Å²) in [7, 11) is 0. The summed E-state index contributed by atoms with van der Waals surface area (Å²) in [4.78, 5) is 11.8. The van der Waals surface area contributed by atoms with Crippen molar-refractivity contribution >= 4 is 45.8 Å². The third kappa shape index (κ3) is 3.82. The van der Waals surface area contributed by atoms with E-state index in [1.807, 2.05) is 18.2 Å². The lowest BCUT2D eigenvalue weighted by atomic mass is 10.1. The van der Waals surface area contributed by atoms with E-state index in [0.717, 1.165) is 23.0 Å². The average molecular weight is 365 g/mol. The summed E-state index contributed by atoms with van der Waals surface area (Å²) in [5.74, 6) is 0.0208. The first-order valence-corrected chi connectivity index (χ1v) is 7.09. The van der Waals surface area contributed by atoms with Gasteiger partial charge in [-0.3, -0.25) is 4.79 Å². The molecule has 5 heteroatoms. The number of nitrogens with one attached hydrogen (secondary N) is 2. The van der Waals surface area contributed by atoms with Crippen LogP contribution in [0.15, 0.2) is 18.2 Å². The molecule has 1 aromatic carbocycles. The van der Waals surface area contributed by atoms with Crippen LogP contribution in [-0.2, 0) is 4.79 Å². The first-order chi connectivity index (χ1) is 8.15. The molecule has 17 heavy (non-hydrogen) atoms. The van der Waals surface area contributed by atoms with Gasteiger partial charge in [-0.15, -0.1) is 0 Å². The number of hydrogen-bond acceptors (Lipinski definition) is 2. The molecule has 0 saturated carbocycles. The lowest BCUT2D eigenvalue weighted by Gasteiger charge is -2.11. The summed E-state index contributed by atoms with van der Waals surface area (Å²) in [6, 6.07) is 5.92. The predicted molar refractivity (Wildman–Crippen MR) is 78.4 cm³/mol. The van der Waals surface area contributed by atoms with Crippen molar-refractivity contribution in [2.24, 2.45) is 0 Å². The van der Waals surface area contributed by atoms with Crippen LogP contribution >= 0.6 is 34.2 Å². The van der Waals surface area contributed by atoms with Gasteiger partial charge in [-0.1, -0.05) is 11.6 Å². The van der Waals surface area contributed by atoms with E-state index < -0.39 is 0 Å². The highest BCUT2D eigenvalue weighted by Gasteiger charge is 2.18. The zero-order valence-corrected chi connectivity index (χ0v) is 12.2. The van der Waals surface area contributed by atoms with E-state index in [-0.39, 0.29) is 5.91 Å². The van der Waals surface area contributed by atoms with Crippen molar-refractivity contribution in [1.82, 2.24) is 5.32 Å². The highest BCUT2D eigenvalue weighted by atomic mass is 127. The van der Waals surface area contributed by atoms with Gasteiger partial charge in [0.1, 0.15) is 0 Å². The minimum absolute atomic E-state index is 0.0208. The second-order valence-electron chi connectivity index (χ2n) is 4.17. The van der Waals surface area contributed by atoms with Crippen molar-refractivity contribution in [1.29, 1.82) is 0 Å². The van der Waals surface area contributed by atoms with Gasteiger partial charge in [-0.25, -0.2) is 0 Å². The number of carbonyl (C=O) groups excluding carboxylic acids is 1. The number of anilines is 1. The molecule has 1 saturated heterocycles. The summed E-state index contributed by atoms with van der Waals surface area (Å²) in [6.45, 7) is 1.02. The molecule has 0 bridgehead atoms. The molecule has 1 atom stereocenters. The summed E-state index contributed by atoms with van der Waals surface area (Å²) in [5, 5.41) is 6.74. The lowest BCUT2D eigenvalue weighted by Crippen LogP contribution is -2.27. The monoisotopic (exact) mass is 364 g/mol. The fourth-order valence-corrected chi connectivity index (χ4v) is 2.85. The highest BCUT2D eigenvalue weighted by Crippen LogP contribution is 2.24. The average Bonchev–Trinajstić information content (AvgIpc) is 2.75. The minimum Gasteiger partial charge on any atom is -0.325 e. The van der Waals surface area contributed by atoms with Crippen molar-refractivity contribution in [3.63, 3.8) is 0 Å². The molecule has 1 fully saturated rings. The molecule has 92 valence electrons. The second kappa shape index (κ2) is 6.02. The molecule has 1 heterocycles. The van der Waals surface area contributed by atoms with Crippen LogP contribution in [0.1, 0.15) is 19.3 Å². The Bertz CT molecular complexity index is 419. The molecular weight excluding hydrogens is 351 g/mol. The molecule has 2 rings (SSSR count). The number of halogens is 2. The Balaban J connectivity index is 1.93. The molecule has 0 aromatic heterocycles. The van der Waals surface area contributed by atoms with Crippen LogP contribution < -0.4 is 10.6 Å². The Hall–Kier alpha value is -0.330. The summed E-state index contributed by atoms with van der Waals surface area (Å²) < 4.78 is 1.06. The van der Waals surface area contributed by atoms with E-state index in [9.17, 15) is 4.79 Å².